The zero-order valence-corrected chi connectivity index (χ0v) is 16.0. The van der Waals surface area contributed by atoms with Crippen molar-refractivity contribution in [1.82, 2.24) is 10.2 Å². The largest absolute Gasteiger partial charge is 0.489 e. The van der Waals surface area contributed by atoms with Crippen molar-refractivity contribution in [2.24, 2.45) is 0 Å². The van der Waals surface area contributed by atoms with Gasteiger partial charge in [-0.1, -0.05) is 26.0 Å². The summed E-state index contributed by atoms with van der Waals surface area (Å²) in [5.41, 5.74) is 0.900. The second-order valence-electron chi connectivity index (χ2n) is 6.38. The minimum atomic E-state index is -0.304. The summed E-state index contributed by atoms with van der Waals surface area (Å²) in [6, 6.07) is 10.9. The van der Waals surface area contributed by atoms with Crippen LogP contribution < -0.4 is 15.0 Å². The normalized spacial score (nSPS) is 10.7. The van der Waals surface area contributed by atoms with Crippen LogP contribution in [0.3, 0.4) is 0 Å². The van der Waals surface area contributed by atoms with E-state index < -0.39 is 0 Å². The van der Waals surface area contributed by atoms with Crippen molar-refractivity contribution >= 4 is 17.4 Å². The quantitative estimate of drug-likeness (QED) is 0.731. The van der Waals surface area contributed by atoms with Crippen LogP contribution in [0.25, 0.3) is 0 Å². The molecular formula is C20H28N4O2. The van der Waals surface area contributed by atoms with Gasteiger partial charge in [-0.3, -0.25) is 4.79 Å². The van der Waals surface area contributed by atoms with Gasteiger partial charge in [-0.25, -0.2) is 0 Å². The van der Waals surface area contributed by atoms with E-state index >= 15 is 0 Å². The van der Waals surface area contributed by atoms with E-state index in [1.54, 1.807) is 6.07 Å². The summed E-state index contributed by atoms with van der Waals surface area (Å²) in [4.78, 5) is 14.7. The van der Waals surface area contributed by atoms with Gasteiger partial charge in [-0.05, 0) is 51.0 Å². The first kappa shape index (κ1) is 19.7. The fraction of sp³-hybridized carbons (Fsp3) is 0.450. The smallest absolute Gasteiger partial charge is 0.276 e. The number of benzene rings is 1. The Bertz CT molecular complexity index is 695. The Morgan fingerprint density at radius 2 is 1.77 bits per heavy atom. The van der Waals surface area contributed by atoms with E-state index in [0.29, 0.717) is 11.4 Å². The fourth-order valence-electron chi connectivity index (χ4n) is 2.61. The number of nitrogens with one attached hydrogen (secondary N) is 1. The van der Waals surface area contributed by atoms with Crippen LogP contribution in [0.5, 0.6) is 5.75 Å². The van der Waals surface area contributed by atoms with Crippen LogP contribution in [0.1, 0.15) is 51.0 Å². The Kier molecular flexibility index (Phi) is 7.38. The molecule has 0 unspecified atom stereocenters. The Morgan fingerprint density at radius 1 is 1.08 bits per heavy atom. The van der Waals surface area contributed by atoms with E-state index in [4.69, 9.17) is 4.74 Å². The van der Waals surface area contributed by atoms with E-state index in [9.17, 15) is 4.79 Å². The number of hydrogen-bond donors (Lipinski definition) is 1. The lowest BCUT2D eigenvalue weighted by atomic mass is 10.2. The predicted molar refractivity (Wildman–Crippen MR) is 105 cm³/mol. The monoisotopic (exact) mass is 356 g/mol. The number of ether oxygens (including phenoxy) is 1. The maximum absolute atomic E-state index is 12.5. The standard InChI is InChI=1S/C20H28N4O2/c1-5-13-24(14-6-2)19-12-11-17(22-23-19)20(25)21-16-9-7-8-10-18(16)26-15(3)4/h7-12,15H,5-6,13-14H2,1-4H3,(H,21,25). The number of nitrogens with zero attached hydrogens (tertiary/aromatic N) is 3. The molecule has 2 aromatic rings. The first-order valence-corrected chi connectivity index (χ1v) is 9.20. The number of anilines is 2. The van der Waals surface area contributed by atoms with Crippen molar-refractivity contribution in [3.63, 3.8) is 0 Å². The SMILES string of the molecule is CCCN(CCC)c1ccc(C(=O)Nc2ccccc2OC(C)C)nn1. The van der Waals surface area contributed by atoms with Gasteiger partial charge >= 0.3 is 0 Å². The van der Waals surface area contributed by atoms with Crippen LogP contribution in [0.4, 0.5) is 11.5 Å². The van der Waals surface area contributed by atoms with Gasteiger partial charge in [0, 0.05) is 13.1 Å². The minimum absolute atomic E-state index is 0.0234. The molecule has 0 saturated heterocycles. The highest BCUT2D eigenvalue weighted by atomic mass is 16.5. The summed E-state index contributed by atoms with van der Waals surface area (Å²) >= 11 is 0. The summed E-state index contributed by atoms with van der Waals surface area (Å²) in [5.74, 6) is 1.13. The van der Waals surface area contributed by atoms with Gasteiger partial charge in [0.1, 0.15) is 5.75 Å². The van der Waals surface area contributed by atoms with Crippen LogP contribution in [0, 0.1) is 0 Å². The third kappa shape index (κ3) is 5.44. The van der Waals surface area contributed by atoms with Gasteiger partial charge in [0.2, 0.25) is 0 Å². The Balaban J connectivity index is 2.11. The number of aromatic nitrogens is 2. The molecule has 0 aliphatic heterocycles. The highest BCUT2D eigenvalue weighted by Crippen LogP contribution is 2.25. The van der Waals surface area contributed by atoms with Gasteiger partial charge in [-0.2, -0.15) is 0 Å². The summed E-state index contributed by atoms with van der Waals surface area (Å²) in [7, 11) is 0. The molecule has 0 aliphatic rings. The zero-order valence-electron chi connectivity index (χ0n) is 16.0. The minimum Gasteiger partial charge on any atom is -0.489 e. The van der Waals surface area contributed by atoms with Crippen LogP contribution in [0.2, 0.25) is 0 Å². The van der Waals surface area contributed by atoms with Gasteiger partial charge in [0.25, 0.3) is 5.91 Å². The second kappa shape index (κ2) is 9.75. The first-order chi connectivity index (χ1) is 12.5. The van der Waals surface area contributed by atoms with E-state index in [2.05, 4.69) is 34.3 Å². The fourth-order valence-corrected chi connectivity index (χ4v) is 2.61. The number of carbonyl (C=O) groups excluding carboxylic acids is 1. The Hall–Kier alpha value is -2.63. The van der Waals surface area contributed by atoms with Crippen molar-refractivity contribution in [3.8, 4) is 5.75 Å². The molecule has 0 radical (unpaired) electrons. The summed E-state index contributed by atoms with van der Waals surface area (Å²) in [6.45, 7) is 10.0. The van der Waals surface area contributed by atoms with Crippen LogP contribution in [0.15, 0.2) is 36.4 Å². The van der Waals surface area contributed by atoms with Crippen LogP contribution in [-0.4, -0.2) is 35.3 Å². The molecule has 6 nitrogen and oxygen atoms in total. The molecule has 0 spiro atoms. The lowest BCUT2D eigenvalue weighted by Gasteiger charge is -2.21. The van der Waals surface area contributed by atoms with E-state index in [-0.39, 0.29) is 17.7 Å². The number of para-hydroxylation sites is 2. The molecule has 1 N–H and O–H groups in total. The first-order valence-electron chi connectivity index (χ1n) is 9.20. The third-order valence-electron chi connectivity index (χ3n) is 3.69. The molecular weight excluding hydrogens is 328 g/mol. The van der Waals surface area contributed by atoms with Gasteiger partial charge in [0.05, 0.1) is 11.8 Å². The topological polar surface area (TPSA) is 67.4 Å². The maximum atomic E-state index is 12.5. The molecule has 140 valence electrons. The van der Waals surface area contributed by atoms with Crippen molar-refractivity contribution in [2.75, 3.05) is 23.3 Å². The molecule has 1 amide bonds. The second-order valence-corrected chi connectivity index (χ2v) is 6.38. The molecule has 6 heteroatoms. The maximum Gasteiger partial charge on any atom is 0.276 e. The van der Waals surface area contributed by atoms with Crippen molar-refractivity contribution < 1.29 is 9.53 Å². The summed E-state index contributed by atoms with van der Waals surface area (Å²) in [6.07, 6.45) is 2.10. The van der Waals surface area contributed by atoms with E-state index in [1.165, 1.54) is 0 Å². The van der Waals surface area contributed by atoms with Crippen LogP contribution >= 0.6 is 0 Å². The number of hydrogen-bond acceptors (Lipinski definition) is 5. The molecule has 0 bridgehead atoms. The zero-order chi connectivity index (χ0) is 18.9. The molecule has 0 saturated carbocycles. The lowest BCUT2D eigenvalue weighted by molar-refractivity contribution is 0.102. The highest BCUT2D eigenvalue weighted by Gasteiger charge is 2.14. The number of amides is 1. The summed E-state index contributed by atoms with van der Waals surface area (Å²) in [5, 5.41) is 11.2. The van der Waals surface area contributed by atoms with Crippen LogP contribution in [-0.2, 0) is 0 Å². The number of rotatable bonds is 9. The average molecular weight is 356 g/mol. The molecule has 0 atom stereocenters. The van der Waals surface area contributed by atoms with Crippen molar-refractivity contribution in [1.29, 1.82) is 0 Å². The highest BCUT2D eigenvalue weighted by molar-refractivity contribution is 6.03. The van der Waals surface area contributed by atoms with Gasteiger partial charge in [0.15, 0.2) is 11.5 Å². The number of carbonyl (C=O) groups is 1. The third-order valence-corrected chi connectivity index (χ3v) is 3.69. The Morgan fingerprint density at radius 3 is 2.35 bits per heavy atom. The van der Waals surface area contributed by atoms with Crippen molar-refractivity contribution in [2.45, 2.75) is 46.6 Å². The average Bonchev–Trinajstić information content (AvgIpc) is 2.63. The lowest BCUT2D eigenvalue weighted by Crippen LogP contribution is -2.26. The molecule has 0 fully saturated rings. The van der Waals surface area contributed by atoms with E-state index in [1.807, 2.05) is 44.2 Å². The van der Waals surface area contributed by atoms with Crippen molar-refractivity contribution in [3.05, 3.63) is 42.1 Å². The molecule has 1 heterocycles. The molecule has 26 heavy (non-hydrogen) atoms. The van der Waals surface area contributed by atoms with Gasteiger partial charge < -0.3 is 15.0 Å². The van der Waals surface area contributed by atoms with E-state index in [0.717, 1.165) is 31.7 Å². The Labute approximate surface area is 155 Å². The molecule has 1 aromatic heterocycles. The summed E-state index contributed by atoms with van der Waals surface area (Å²) < 4.78 is 5.73. The van der Waals surface area contributed by atoms with Gasteiger partial charge in [-0.15, -0.1) is 10.2 Å². The molecule has 1 aromatic carbocycles. The molecule has 0 aliphatic carbocycles. The predicted octanol–water partition coefficient (Wildman–Crippen LogP) is 4.14. The molecule has 2 rings (SSSR count).